The number of nitrogens with zero attached hydrogens (tertiary/aromatic N) is 1. The van der Waals surface area contributed by atoms with Gasteiger partial charge in [0.25, 0.3) is 0 Å². The molecule has 0 aliphatic heterocycles. The average molecular weight is 392 g/mol. The Morgan fingerprint density at radius 2 is 1.62 bits per heavy atom. The molecule has 0 saturated heterocycles. The molecule has 0 aliphatic carbocycles. The van der Waals surface area contributed by atoms with Gasteiger partial charge in [-0.3, -0.25) is 9.46 Å². The smallest absolute Gasteiger partial charge is 0.414 e. The van der Waals surface area contributed by atoms with Crippen molar-refractivity contribution in [3.05, 3.63) is 11.8 Å². The summed E-state index contributed by atoms with van der Waals surface area (Å²) in [4.78, 5) is 13.8. The van der Waals surface area contributed by atoms with E-state index in [2.05, 4.69) is 19.2 Å². The van der Waals surface area contributed by atoms with Crippen molar-refractivity contribution in [2.75, 3.05) is 33.4 Å². The Balaban J connectivity index is 5.94. The van der Waals surface area contributed by atoms with Crippen molar-refractivity contribution in [3.63, 3.8) is 0 Å². The van der Waals surface area contributed by atoms with E-state index in [1.807, 2.05) is 13.8 Å². The van der Waals surface area contributed by atoms with Crippen LogP contribution in [0.5, 0.6) is 0 Å². The van der Waals surface area contributed by atoms with Crippen LogP contribution < -0.4 is 5.32 Å². The summed E-state index contributed by atoms with van der Waals surface area (Å²) in [6, 6.07) is 0. The van der Waals surface area contributed by atoms with E-state index in [-0.39, 0.29) is 19.8 Å². The number of allylic oxidation sites excluding steroid dienone is 1. The zero-order valence-corrected chi connectivity index (χ0v) is 18.3. The Bertz CT molecular complexity index is 466. The van der Waals surface area contributed by atoms with Crippen molar-refractivity contribution < 1.29 is 23.1 Å². The SMILES string of the molecule is CCOP(=O)(OCC)C(CNCC(C)C)N(C=C(CC)CC)C(=O)OC. The van der Waals surface area contributed by atoms with Gasteiger partial charge in [0.2, 0.25) is 0 Å². The van der Waals surface area contributed by atoms with E-state index in [0.29, 0.717) is 5.92 Å². The van der Waals surface area contributed by atoms with Gasteiger partial charge in [-0.1, -0.05) is 33.3 Å². The summed E-state index contributed by atoms with van der Waals surface area (Å²) in [6.45, 7) is 13.2. The van der Waals surface area contributed by atoms with Crippen LogP contribution in [-0.2, 0) is 18.3 Å². The second-order valence-electron chi connectivity index (χ2n) is 6.28. The van der Waals surface area contributed by atoms with Gasteiger partial charge in [0.1, 0.15) is 0 Å². The van der Waals surface area contributed by atoms with E-state index in [0.717, 1.165) is 25.0 Å². The van der Waals surface area contributed by atoms with Gasteiger partial charge in [-0.05, 0) is 39.2 Å². The molecule has 0 fully saturated rings. The van der Waals surface area contributed by atoms with Gasteiger partial charge >= 0.3 is 13.7 Å². The third-order valence-electron chi connectivity index (χ3n) is 3.80. The number of carbonyl (C=O) groups is 1. The molecule has 1 amide bonds. The minimum absolute atomic E-state index is 0.227. The Morgan fingerprint density at radius 3 is 2.00 bits per heavy atom. The second-order valence-corrected chi connectivity index (χ2v) is 8.47. The van der Waals surface area contributed by atoms with Crippen LogP contribution in [0.3, 0.4) is 0 Å². The monoisotopic (exact) mass is 392 g/mol. The molecule has 0 aromatic rings. The highest BCUT2D eigenvalue weighted by Crippen LogP contribution is 2.54. The number of amides is 1. The fourth-order valence-electron chi connectivity index (χ4n) is 2.43. The first-order valence-corrected chi connectivity index (χ1v) is 11.1. The van der Waals surface area contributed by atoms with Gasteiger partial charge in [0, 0.05) is 12.7 Å². The van der Waals surface area contributed by atoms with Gasteiger partial charge in [-0.25, -0.2) is 4.79 Å². The van der Waals surface area contributed by atoms with Crippen molar-refractivity contribution in [1.82, 2.24) is 10.2 Å². The van der Waals surface area contributed by atoms with E-state index in [9.17, 15) is 9.36 Å². The summed E-state index contributed by atoms with van der Waals surface area (Å²) in [5, 5.41) is 3.27. The molecule has 154 valence electrons. The Morgan fingerprint density at radius 1 is 1.08 bits per heavy atom. The highest BCUT2D eigenvalue weighted by atomic mass is 31.2. The lowest BCUT2D eigenvalue weighted by molar-refractivity contribution is 0.123. The van der Waals surface area contributed by atoms with E-state index >= 15 is 0 Å². The van der Waals surface area contributed by atoms with Crippen LogP contribution in [0, 0.1) is 5.92 Å². The number of ether oxygens (including phenoxy) is 1. The van der Waals surface area contributed by atoms with Crippen LogP contribution in [0.4, 0.5) is 4.79 Å². The fraction of sp³-hybridized carbons (Fsp3) is 0.833. The van der Waals surface area contributed by atoms with Gasteiger partial charge in [0.05, 0.1) is 20.3 Å². The normalized spacial score (nSPS) is 12.8. The van der Waals surface area contributed by atoms with Crippen LogP contribution in [0.25, 0.3) is 0 Å². The van der Waals surface area contributed by atoms with Crippen LogP contribution in [0.2, 0.25) is 0 Å². The van der Waals surface area contributed by atoms with Gasteiger partial charge in [-0.15, -0.1) is 0 Å². The summed E-state index contributed by atoms with van der Waals surface area (Å²) in [6.07, 6.45) is 2.70. The van der Waals surface area contributed by atoms with Crippen molar-refractivity contribution >= 4 is 13.7 Å². The van der Waals surface area contributed by atoms with Crippen LogP contribution in [-0.4, -0.2) is 50.2 Å². The first-order valence-electron chi connectivity index (χ1n) is 9.44. The lowest BCUT2D eigenvalue weighted by Crippen LogP contribution is -2.44. The van der Waals surface area contributed by atoms with Crippen LogP contribution in [0.1, 0.15) is 54.4 Å². The summed E-state index contributed by atoms with van der Waals surface area (Å²) in [5.41, 5.74) is 1.05. The maximum absolute atomic E-state index is 13.4. The minimum atomic E-state index is -3.57. The van der Waals surface area contributed by atoms with E-state index in [4.69, 9.17) is 13.8 Å². The highest BCUT2D eigenvalue weighted by Gasteiger charge is 2.42. The van der Waals surface area contributed by atoms with E-state index in [1.54, 1.807) is 20.0 Å². The zero-order chi connectivity index (χ0) is 20.2. The lowest BCUT2D eigenvalue weighted by atomic mass is 10.2. The molecule has 0 spiro atoms. The van der Waals surface area contributed by atoms with Crippen LogP contribution in [0.15, 0.2) is 11.8 Å². The van der Waals surface area contributed by atoms with Gasteiger partial charge in [0.15, 0.2) is 5.78 Å². The zero-order valence-electron chi connectivity index (χ0n) is 17.4. The maximum Gasteiger partial charge on any atom is 0.414 e. The molecule has 0 heterocycles. The topological polar surface area (TPSA) is 77.1 Å². The largest absolute Gasteiger partial charge is 0.452 e. The summed E-state index contributed by atoms with van der Waals surface area (Å²) >= 11 is 0. The summed E-state index contributed by atoms with van der Waals surface area (Å²) < 4.78 is 29.4. The molecule has 0 aromatic heterocycles. The van der Waals surface area contributed by atoms with Crippen molar-refractivity contribution in [1.29, 1.82) is 0 Å². The van der Waals surface area contributed by atoms with Crippen molar-refractivity contribution in [2.45, 2.75) is 60.2 Å². The molecule has 26 heavy (non-hydrogen) atoms. The molecule has 0 aromatic carbocycles. The number of nitrogens with one attached hydrogen (secondary N) is 1. The predicted octanol–water partition coefficient (Wildman–Crippen LogP) is 4.60. The average Bonchev–Trinajstić information content (AvgIpc) is 2.60. The first kappa shape index (κ1) is 25.1. The number of hydrogen-bond donors (Lipinski definition) is 1. The third-order valence-corrected chi connectivity index (χ3v) is 6.20. The molecule has 1 N–H and O–H groups in total. The lowest BCUT2D eigenvalue weighted by Gasteiger charge is -2.33. The minimum Gasteiger partial charge on any atom is -0.452 e. The van der Waals surface area contributed by atoms with Gasteiger partial charge in [-0.2, -0.15) is 0 Å². The number of hydrogen-bond acceptors (Lipinski definition) is 6. The summed E-state index contributed by atoms with van der Waals surface area (Å²) in [5.74, 6) is -0.389. The molecular weight excluding hydrogens is 355 g/mol. The predicted molar refractivity (Wildman–Crippen MR) is 105 cm³/mol. The van der Waals surface area contributed by atoms with Crippen LogP contribution >= 0.6 is 7.60 Å². The molecule has 1 unspecified atom stereocenters. The molecule has 0 saturated carbocycles. The quantitative estimate of drug-likeness (QED) is 0.462. The molecule has 7 nitrogen and oxygen atoms in total. The van der Waals surface area contributed by atoms with Crippen molar-refractivity contribution in [3.8, 4) is 0 Å². The molecule has 0 bridgehead atoms. The first-order chi connectivity index (χ1) is 12.3. The molecule has 0 aliphatic rings. The Labute approximate surface area is 159 Å². The molecule has 0 rings (SSSR count). The summed E-state index contributed by atoms with van der Waals surface area (Å²) in [7, 11) is -2.26. The van der Waals surface area contributed by atoms with Gasteiger partial charge < -0.3 is 19.1 Å². The molecule has 0 radical (unpaired) electrons. The molecule has 8 heteroatoms. The fourth-order valence-corrected chi connectivity index (χ4v) is 4.38. The molecular formula is C18H37N2O5P. The van der Waals surface area contributed by atoms with E-state index in [1.165, 1.54) is 12.0 Å². The molecule has 1 atom stereocenters. The third kappa shape index (κ3) is 8.21. The number of rotatable bonds is 13. The Kier molecular flexibility index (Phi) is 12.9. The van der Waals surface area contributed by atoms with Crippen molar-refractivity contribution in [2.24, 2.45) is 5.92 Å². The maximum atomic E-state index is 13.4. The number of methoxy groups -OCH3 is 1. The Hall–Kier alpha value is -0.880. The second kappa shape index (κ2) is 13.3. The van der Waals surface area contributed by atoms with E-state index < -0.39 is 19.5 Å². The highest BCUT2D eigenvalue weighted by molar-refractivity contribution is 7.54. The number of carbonyl (C=O) groups excluding carboxylic acids is 1. The standard InChI is InChI=1S/C18H37N2O5P/c1-8-16(9-2)14-20(18(21)23-7)17(13-19-12-15(5)6)26(22,24-10-3)25-11-4/h14-15,17,19H,8-13H2,1-7H3.